The predicted octanol–water partition coefficient (Wildman–Crippen LogP) is 3.53. The van der Waals surface area contributed by atoms with Crippen molar-refractivity contribution in [1.82, 2.24) is 10.6 Å². The molecule has 1 aliphatic rings. The normalized spacial score (nSPS) is 17.2. The molecule has 6 heteroatoms. The lowest BCUT2D eigenvalue weighted by Gasteiger charge is -2.27. The lowest BCUT2D eigenvalue weighted by Crippen LogP contribution is -2.49. The summed E-state index contributed by atoms with van der Waals surface area (Å²) < 4.78 is 5.16. The second-order valence-electron chi connectivity index (χ2n) is 6.31. The fourth-order valence-corrected chi connectivity index (χ4v) is 4.21. The number of rotatable bonds is 5. The first-order chi connectivity index (χ1) is 11.8. The van der Waals surface area contributed by atoms with Crippen LogP contribution in [0.25, 0.3) is 0 Å². The van der Waals surface area contributed by atoms with E-state index in [4.69, 9.17) is 4.74 Å². The topological polar surface area (TPSA) is 67.4 Å². The molecule has 2 N–H and O–H groups in total. The van der Waals surface area contributed by atoms with Crippen molar-refractivity contribution in [2.24, 2.45) is 0 Å². The highest BCUT2D eigenvalue weighted by atomic mass is 32.2. The van der Waals surface area contributed by atoms with Gasteiger partial charge in [0.15, 0.2) is 0 Å². The van der Waals surface area contributed by atoms with E-state index in [1.807, 2.05) is 0 Å². The average molecular weight is 362 g/mol. The minimum atomic E-state index is -0.382. The minimum absolute atomic E-state index is 0.287. The predicted molar refractivity (Wildman–Crippen MR) is 101 cm³/mol. The molecule has 1 aromatic rings. The van der Waals surface area contributed by atoms with Crippen molar-refractivity contribution < 1.29 is 14.3 Å². The molecule has 5 nitrogen and oxygen atoms in total. The summed E-state index contributed by atoms with van der Waals surface area (Å²) in [6, 6.07) is 1.53. The van der Waals surface area contributed by atoms with E-state index in [-0.39, 0.29) is 18.0 Å². The Morgan fingerprint density at radius 1 is 1.20 bits per heavy atom. The molecule has 0 aromatic heterocycles. The standard InChI is InChI=1S/C19H26N2O3S/c1-7-24-18(22)16-14(6)20-19(23)21-15(16)9-25-17-12(4)10(2)8-11(3)13(17)5/h8,14H,7,9H2,1-6H3,(H2,20,21,23)/t14-/m0/s1. The smallest absolute Gasteiger partial charge is 0.337 e. The van der Waals surface area contributed by atoms with Crippen LogP contribution in [0, 0.1) is 27.7 Å². The Balaban J connectivity index is 2.34. The van der Waals surface area contributed by atoms with Crippen molar-refractivity contribution in [2.45, 2.75) is 52.5 Å². The molecule has 0 unspecified atom stereocenters. The summed E-state index contributed by atoms with van der Waals surface area (Å²) in [5.74, 6) is 0.128. The Kier molecular flexibility index (Phi) is 6.16. The SMILES string of the molecule is CCOC(=O)C1=C(CSc2c(C)c(C)cc(C)c2C)NC(=O)N[C@H]1C. The van der Waals surface area contributed by atoms with E-state index in [1.165, 1.54) is 27.1 Å². The van der Waals surface area contributed by atoms with Crippen molar-refractivity contribution in [1.29, 1.82) is 0 Å². The van der Waals surface area contributed by atoms with E-state index in [2.05, 4.69) is 44.4 Å². The van der Waals surface area contributed by atoms with E-state index >= 15 is 0 Å². The Labute approximate surface area is 153 Å². The molecule has 0 bridgehead atoms. The quantitative estimate of drug-likeness (QED) is 0.621. The summed E-state index contributed by atoms with van der Waals surface area (Å²) in [6.07, 6.45) is 0. The van der Waals surface area contributed by atoms with Crippen molar-refractivity contribution in [3.05, 3.63) is 39.6 Å². The lowest BCUT2D eigenvalue weighted by molar-refractivity contribution is -0.138. The number of ether oxygens (including phenoxy) is 1. The Morgan fingerprint density at radius 3 is 2.36 bits per heavy atom. The van der Waals surface area contributed by atoms with Gasteiger partial charge in [-0.1, -0.05) is 6.07 Å². The van der Waals surface area contributed by atoms with Crippen molar-refractivity contribution >= 4 is 23.8 Å². The molecule has 2 amide bonds. The number of aryl methyl sites for hydroxylation is 2. The largest absolute Gasteiger partial charge is 0.463 e. The van der Waals surface area contributed by atoms with Gasteiger partial charge in [-0.05, 0) is 63.8 Å². The highest BCUT2D eigenvalue weighted by Crippen LogP contribution is 2.32. The maximum atomic E-state index is 12.3. The van der Waals surface area contributed by atoms with Crippen LogP contribution < -0.4 is 10.6 Å². The second kappa shape index (κ2) is 7.95. The zero-order valence-electron chi connectivity index (χ0n) is 15.7. The molecular weight excluding hydrogens is 336 g/mol. The van der Waals surface area contributed by atoms with Crippen LogP contribution in [0.3, 0.4) is 0 Å². The zero-order valence-corrected chi connectivity index (χ0v) is 16.5. The Morgan fingerprint density at radius 2 is 1.80 bits per heavy atom. The van der Waals surface area contributed by atoms with Gasteiger partial charge in [0.2, 0.25) is 0 Å². The van der Waals surface area contributed by atoms with E-state index in [0.29, 0.717) is 23.6 Å². The van der Waals surface area contributed by atoms with Gasteiger partial charge < -0.3 is 15.4 Å². The summed E-state index contributed by atoms with van der Waals surface area (Å²) >= 11 is 1.64. The number of urea groups is 1. The van der Waals surface area contributed by atoms with Crippen LogP contribution in [0.15, 0.2) is 22.2 Å². The van der Waals surface area contributed by atoms with Crippen LogP contribution in [0.2, 0.25) is 0 Å². The van der Waals surface area contributed by atoms with E-state index in [1.54, 1.807) is 25.6 Å². The van der Waals surface area contributed by atoms with E-state index < -0.39 is 0 Å². The average Bonchev–Trinajstić information content (AvgIpc) is 2.52. The van der Waals surface area contributed by atoms with Crippen LogP contribution in [0.1, 0.15) is 36.1 Å². The van der Waals surface area contributed by atoms with Crippen molar-refractivity contribution in [3.63, 3.8) is 0 Å². The zero-order chi connectivity index (χ0) is 18.7. The molecule has 0 aliphatic carbocycles. The summed E-state index contributed by atoms with van der Waals surface area (Å²) in [5.41, 5.74) is 6.08. The monoisotopic (exact) mass is 362 g/mol. The minimum Gasteiger partial charge on any atom is -0.463 e. The molecule has 0 saturated carbocycles. The summed E-state index contributed by atoms with van der Waals surface area (Å²) in [4.78, 5) is 25.3. The molecule has 1 aromatic carbocycles. The third kappa shape index (κ3) is 4.18. The van der Waals surface area contributed by atoms with Crippen LogP contribution in [-0.2, 0) is 9.53 Å². The van der Waals surface area contributed by atoms with Gasteiger partial charge in [-0.3, -0.25) is 0 Å². The third-order valence-electron chi connectivity index (χ3n) is 4.52. The van der Waals surface area contributed by atoms with Gasteiger partial charge in [-0.2, -0.15) is 0 Å². The molecule has 0 fully saturated rings. The number of benzene rings is 1. The molecule has 1 aliphatic heterocycles. The van der Waals surface area contributed by atoms with E-state index in [9.17, 15) is 9.59 Å². The summed E-state index contributed by atoms with van der Waals surface area (Å²) in [6.45, 7) is 12.3. The van der Waals surface area contributed by atoms with Gasteiger partial charge in [0.05, 0.1) is 18.2 Å². The van der Waals surface area contributed by atoms with Crippen LogP contribution in [0.4, 0.5) is 4.79 Å². The van der Waals surface area contributed by atoms with Gasteiger partial charge in [-0.25, -0.2) is 9.59 Å². The molecule has 0 saturated heterocycles. The van der Waals surface area contributed by atoms with Crippen molar-refractivity contribution in [2.75, 3.05) is 12.4 Å². The molecule has 136 valence electrons. The van der Waals surface area contributed by atoms with Gasteiger partial charge in [0, 0.05) is 16.3 Å². The second-order valence-corrected chi connectivity index (χ2v) is 7.30. The molecule has 1 atom stereocenters. The molecule has 1 heterocycles. The molecule has 0 spiro atoms. The first-order valence-corrected chi connectivity index (χ1v) is 9.42. The van der Waals surface area contributed by atoms with Crippen LogP contribution in [-0.4, -0.2) is 30.4 Å². The van der Waals surface area contributed by atoms with Gasteiger partial charge >= 0.3 is 12.0 Å². The molecule has 0 radical (unpaired) electrons. The summed E-state index contributed by atoms with van der Waals surface area (Å²) in [7, 11) is 0. The number of carbonyl (C=O) groups excluding carboxylic acids is 2. The molecule has 2 rings (SSSR count). The summed E-state index contributed by atoms with van der Waals surface area (Å²) in [5, 5.41) is 5.50. The fourth-order valence-electron chi connectivity index (χ4n) is 2.93. The Hall–Kier alpha value is -1.95. The first kappa shape index (κ1) is 19.4. The number of thioether (sulfide) groups is 1. The maximum absolute atomic E-state index is 12.3. The number of hydrogen-bond donors (Lipinski definition) is 2. The highest BCUT2D eigenvalue weighted by molar-refractivity contribution is 7.99. The van der Waals surface area contributed by atoms with Gasteiger partial charge in [0.1, 0.15) is 0 Å². The number of esters is 1. The Bertz CT molecular complexity index is 714. The molecule has 25 heavy (non-hydrogen) atoms. The lowest BCUT2D eigenvalue weighted by atomic mass is 10.0. The first-order valence-electron chi connectivity index (χ1n) is 8.44. The maximum Gasteiger partial charge on any atom is 0.337 e. The number of hydrogen-bond acceptors (Lipinski definition) is 4. The number of carbonyl (C=O) groups is 2. The fraction of sp³-hybridized carbons (Fsp3) is 0.474. The number of amides is 2. The highest BCUT2D eigenvalue weighted by Gasteiger charge is 2.29. The van der Waals surface area contributed by atoms with E-state index in [0.717, 1.165) is 0 Å². The van der Waals surface area contributed by atoms with Gasteiger partial charge in [0.25, 0.3) is 0 Å². The van der Waals surface area contributed by atoms with Crippen LogP contribution >= 0.6 is 11.8 Å². The van der Waals surface area contributed by atoms with Gasteiger partial charge in [-0.15, -0.1) is 11.8 Å². The third-order valence-corrected chi connectivity index (χ3v) is 5.86. The molecular formula is C19H26N2O3S. The van der Waals surface area contributed by atoms with Crippen LogP contribution in [0.5, 0.6) is 0 Å². The number of nitrogens with one attached hydrogen (secondary N) is 2. The van der Waals surface area contributed by atoms with Crippen molar-refractivity contribution in [3.8, 4) is 0 Å².